The van der Waals surface area contributed by atoms with Crippen molar-refractivity contribution in [3.8, 4) is 0 Å². The maximum Gasteiger partial charge on any atom is 0.357 e. The lowest BCUT2D eigenvalue weighted by Crippen LogP contribution is -2.30. The number of fused-ring (bicyclic) bond motifs is 1. The van der Waals surface area contributed by atoms with Crippen molar-refractivity contribution >= 4 is 34.4 Å². The van der Waals surface area contributed by atoms with Gasteiger partial charge in [0.05, 0.1) is 5.52 Å². The van der Waals surface area contributed by atoms with Gasteiger partial charge in [-0.15, -0.1) is 0 Å². The van der Waals surface area contributed by atoms with Crippen molar-refractivity contribution in [3.05, 3.63) is 71.9 Å². The predicted molar refractivity (Wildman–Crippen MR) is 114 cm³/mol. The minimum absolute atomic E-state index is 0.0605. The molecule has 2 amide bonds. The van der Waals surface area contributed by atoms with Crippen LogP contribution in [0.2, 0.25) is 0 Å². The number of carbonyl (C=O) groups excluding carboxylic acids is 3. The Kier molecular flexibility index (Phi) is 6.75. The third kappa shape index (κ3) is 5.00. The summed E-state index contributed by atoms with van der Waals surface area (Å²) < 4.78 is 5.06. The molecule has 2 aromatic carbocycles. The summed E-state index contributed by atoms with van der Waals surface area (Å²) in [7, 11) is 0. The zero-order valence-electron chi connectivity index (χ0n) is 16.9. The lowest BCUT2D eigenvalue weighted by molar-refractivity contribution is -0.119. The topological polar surface area (TPSA) is 88.6 Å². The third-order valence-electron chi connectivity index (χ3n) is 4.61. The highest BCUT2D eigenvalue weighted by atomic mass is 16.5. The molecular weight excluding hydrogens is 382 g/mol. The molecule has 0 radical (unpaired) electrons. The van der Waals surface area contributed by atoms with Crippen molar-refractivity contribution in [2.75, 3.05) is 25.0 Å². The number of nitrogens with zero attached hydrogens (tertiary/aromatic N) is 2. The number of carbonyl (C=O) groups is 3. The van der Waals surface area contributed by atoms with E-state index in [1.165, 1.54) is 0 Å². The van der Waals surface area contributed by atoms with Crippen LogP contribution in [-0.2, 0) is 9.53 Å². The summed E-state index contributed by atoms with van der Waals surface area (Å²) >= 11 is 0. The summed E-state index contributed by atoms with van der Waals surface area (Å²) in [5, 5.41) is 3.55. The van der Waals surface area contributed by atoms with Crippen LogP contribution in [0.15, 0.2) is 60.7 Å². The molecule has 0 aliphatic heterocycles. The first kappa shape index (κ1) is 21.0. The number of esters is 1. The van der Waals surface area contributed by atoms with E-state index in [1.54, 1.807) is 47.4 Å². The first-order valence-electron chi connectivity index (χ1n) is 9.74. The van der Waals surface area contributed by atoms with E-state index in [0.717, 1.165) is 5.39 Å². The van der Waals surface area contributed by atoms with Crippen molar-refractivity contribution in [2.24, 2.45) is 0 Å². The SMILES string of the molecule is CCN(CC)C(=O)c1ccc(NC(=O)COC(=O)c2ccc3ccccc3n2)cc1. The van der Waals surface area contributed by atoms with Gasteiger partial charge in [-0.1, -0.05) is 24.3 Å². The third-order valence-corrected chi connectivity index (χ3v) is 4.61. The van der Waals surface area contributed by atoms with Gasteiger partial charge < -0.3 is 15.0 Å². The molecule has 0 saturated heterocycles. The predicted octanol–water partition coefficient (Wildman–Crippen LogP) is 3.51. The fraction of sp³-hybridized carbons (Fsp3) is 0.217. The summed E-state index contributed by atoms with van der Waals surface area (Å²) in [4.78, 5) is 42.6. The number of hydrogen-bond donors (Lipinski definition) is 1. The van der Waals surface area contributed by atoms with Gasteiger partial charge in [0, 0.05) is 29.7 Å². The van der Waals surface area contributed by atoms with Gasteiger partial charge in [-0.05, 0) is 50.2 Å². The first-order chi connectivity index (χ1) is 14.5. The molecule has 0 aliphatic carbocycles. The van der Waals surface area contributed by atoms with Crippen LogP contribution in [-0.4, -0.2) is 47.4 Å². The zero-order valence-corrected chi connectivity index (χ0v) is 16.9. The normalized spacial score (nSPS) is 10.5. The first-order valence-corrected chi connectivity index (χ1v) is 9.74. The number of benzene rings is 2. The molecule has 1 heterocycles. The van der Waals surface area contributed by atoms with Crippen molar-refractivity contribution in [2.45, 2.75) is 13.8 Å². The second kappa shape index (κ2) is 9.65. The lowest BCUT2D eigenvalue weighted by Gasteiger charge is -2.18. The number of rotatable bonds is 7. The van der Waals surface area contributed by atoms with Crippen molar-refractivity contribution in [1.29, 1.82) is 0 Å². The Morgan fingerprint density at radius 2 is 1.63 bits per heavy atom. The van der Waals surface area contributed by atoms with Crippen LogP contribution in [0.25, 0.3) is 10.9 Å². The molecule has 0 fully saturated rings. The highest BCUT2D eigenvalue weighted by molar-refractivity contribution is 5.97. The van der Waals surface area contributed by atoms with Gasteiger partial charge >= 0.3 is 5.97 Å². The van der Waals surface area contributed by atoms with Gasteiger partial charge in [0.1, 0.15) is 5.69 Å². The van der Waals surface area contributed by atoms with Gasteiger partial charge in [0.25, 0.3) is 11.8 Å². The molecule has 30 heavy (non-hydrogen) atoms. The van der Waals surface area contributed by atoms with Crippen LogP contribution in [0.5, 0.6) is 0 Å². The number of para-hydroxylation sites is 1. The molecule has 0 aliphatic rings. The Morgan fingerprint density at radius 3 is 2.33 bits per heavy atom. The average molecular weight is 405 g/mol. The summed E-state index contributed by atoms with van der Waals surface area (Å²) in [5.74, 6) is -1.21. The highest BCUT2D eigenvalue weighted by Gasteiger charge is 2.14. The molecular formula is C23H23N3O4. The quantitative estimate of drug-likeness (QED) is 0.608. The zero-order chi connectivity index (χ0) is 21.5. The van der Waals surface area contributed by atoms with Gasteiger partial charge in [-0.3, -0.25) is 9.59 Å². The van der Waals surface area contributed by atoms with Gasteiger partial charge in [-0.2, -0.15) is 0 Å². The Labute approximate surface area is 174 Å². The van der Waals surface area contributed by atoms with E-state index >= 15 is 0 Å². The van der Waals surface area contributed by atoms with Crippen molar-refractivity contribution in [3.63, 3.8) is 0 Å². The number of anilines is 1. The molecule has 0 spiro atoms. The van der Waals surface area contributed by atoms with Crippen molar-refractivity contribution < 1.29 is 19.1 Å². The Bertz CT molecular complexity index is 1060. The average Bonchev–Trinajstić information content (AvgIpc) is 2.78. The number of amides is 2. The monoisotopic (exact) mass is 405 g/mol. The van der Waals surface area contributed by atoms with E-state index in [0.29, 0.717) is 29.9 Å². The molecule has 0 bridgehead atoms. The number of ether oxygens (including phenoxy) is 1. The molecule has 1 aromatic heterocycles. The van der Waals surface area contributed by atoms with E-state index in [-0.39, 0.29) is 11.6 Å². The number of aromatic nitrogens is 1. The molecule has 1 N–H and O–H groups in total. The number of hydrogen-bond acceptors (Lipinski definition) is 5. The van der Waals surface area contributed by atoms with E-state index in [4.69, 9.17) is 4.74 Å². The molecule has 7 nitrogen and oxygen atoms in total. The van der Waals surface area contributed by atoms with E-state index in [1.807, 2.05) is 32.0 Å². The minimum Gasteiger partial charge on any atom is -0.451 e. The fourth-order valence-corrected chi connectivity index (χ4v) is 2.97. The second-order valence-corrected chi connectivity index (χ2v) is 6.57. The van der Waals surface area contributed by atoms with E-state index in [2.05, 4.69) is 10.3 Å². The smallest absolute Gasteiger partial charge is 0.357 e. The Hall–Kier alpha value is -3.74. The van der Waals surface area contributed by atoms with Gasteiger partial charge in [0.2, 0.25) is 0 Å². The Balaban J connectivity index is 1.55. The lowest BCUT2D eigenvalue weighted by atomic mass is 10.2. The number of pyridine rings is 1. The van der Waals surface area contributed by atoms with Crippen molar-refractivity contribution in [1.82, 2.24) is 9.88 Å². The Morgan fingerprint density at radius 1 is 0.933 bits per heavy atom. The van der Waals surface area contributed by atoms with E-state index < -0.39 is 18.5 Å². The fourth-order valence-electron chi connectivity index (χ4n) is 2.97. The summed E-state index contributed by atoms with van der Waals surface area (Å²) in [6, 6.07) is 17.3. The summed E-state index contributed by atoms with van der Waals surface area (Å²) in [5.41, 5.74) is 1.87. The molecule has 0 saturated carbocycles. The minimum atomic E-state index is -0.670. The molecule has 7 heteroatoms. The molecule has 3 aromatic rings. The van der Waals surface area contributed by atoms with Crippen LogP contribution in [0.1, 0.15) is 34.7 Å². The maximum absolute atomic E-state index is 12.3. The molecule has 3 rings (SSSR count). The largest absolute Gasteiger partial charge is 0.451 e. The van der Waals surface area contributed by atoms with Crippen LogP contribution in [0.3, 0.4) is 0 Å². The molecule has 0 unspecified atom stereocenters. The highest BCUT2D eigenvalue weighted by Crippen LogP contribution is 2.13. The number of nitrogens with one attached hydrogen (secondary N) is 1. The van der Waals surface area contributed by atoms with Gasteiger partial charge in [-0.25, -0.2) is 9.78 Å². The summed E-state index contributed by atoms with van der Waals surface area (Å²) in [6.07, 6.45) is 0. The molecule has 0 atom stereocenters. The summed E-state index contributed by atoms with van der Waals surface area (Å²) in [6.45, 7) is 4.67. The van der Waals surface area contributed by atoms with Crippen LogP contribution < -0.4 is 5.32 Å². The standard InChI is InChI=1S/C23H23N3O4/c1-3-26(4-2)22(28)17-9-12-18(13-10-17)24-21(27)15-30-23(29)20-14-11-16-7-5-6-8-19(16)25-20/h5-14H,3-4,15H2,1-2H3,(H,24,27). The van der Waals surface area contributed by atoms with Crippen LogP contribution in [0.4, 0.5) is 5.69 Å². The maximum atomic E-state index is 12.3. The second-order valence-electron chi connectivity index (χ2n) is 6.57. The van der Waals surface area contributed by atoms with E-state index in [9.17, 15) is 14.4 Å². The van der Waals surface area contributed by atoms with Crippen LogP contribution >= 0.6 is 0 Å². The molecule has 154 valence electrons. The van der Waals surface area contributed by atoms with Gasteiger partial charge in [0.15, 0.2) is 6.61 Å². The van der Waals surface area contributed by atoms with Crippen LogP contribution in [0, 0.1) is 0 Å².